The normalized spacial score (nSPS) is 14.2. The highest BCUT2D eigenvalue weighted by atomic mass is 16.5. The Balaban J connectivity index is 2.47. The van der Waals surface area contributed by atoms with Crippen LogP contribution in [0.2, 0.25) is 0 Å². The quantitative estimate of drug-likeness (QED) is 0.770. The number of ether oxygens (including phenoxy) is 1. The summed E-state index contributed by atoms with van der Waals surface area (Å²) in [6.07, 6.45) is 0. The van der Waals surface area contributed by atoms with Crippen LogP contribution in [0, 0.1) is 0 Å². The summed E-state index contributed by atoms with van der Waals surface area (Å²) in [4.78, 5) is 11.3. The first-order chi connectivity index (χ1) is 8.86. The van der Waals surface area contributed by atoms with Crippen LogP contribution in [0.3, 0.4) is 0 Å². The number of carbonyl (C=O) groups is 1. The van der Waals surface area contributed by atoms with E-state index in [2.05, 4.69) is 48.2 Å². The van der Waals surface area contributed by atoms with Crippen LogP contribution >= 0.6 is 0 Å². The fraction of sp³-hybridized carbons (Fsp3) is 0.533. The summed E-state index contributed by atoms with van der Waals surface area (Å²) >= 11 is 0. The van der Waals surface area contributed by atoms with Gasteiger partial charge in [0.15, 0.2) is 5.60 Å². The van der Waals surface area contributed by atoms with E-state index >= 15 is 0 Å². The number of aliphatic hydroxyl groups is 1. The minimum atomic E-state index is -1.49. The molecule has 2 N–H and O–H groups in total. The number of benzene rings is 1. The van der Waals surface area contributed by atoms with Crippen LogP contribution in [0.4, 0.5) is 0 Å². The van der Waals surface area contributed by atoms with E-state index in [1.807, 2.05) is 0 Å². The molecule has 0 bridgehead atoms. The predicted molar refractivity (Wildman–Crippen MR) is 74.9 cm³/mol. The van der Waals surface area contributed by atoms with Gasteiger partial charge in [-0.05, 0) is 24.0 Å². The first-order valence-electron chi connectivity index (χ1n) is 6.47. The number of hydrogen-bond donors (Lipinski definition) is 2. The molecule has 1 rings (SSSR count). The Bertz CT molecular complexity index is 410. The molecule has 0 radical (unpaired) electrons. The van der Waals surface area contributed by atoms with Crippen LogP contribution in [-0.2, 0) is 16.1 Å². The second-order valence-corrected chi connectivity index (χ2v) is 5.27. The lowest BCUT2D eigenvalue weighted by atomic mass is 10.0. The third-order valence-electron chi connectivity index (χ3n) is 3.07. The molecule has 0 aliphatic carbocycles. The van der Waals surface area contributed by atoms with Crippen molar-refractivity contribution in [3.05, 3.63) is 35.4 Å². The minimum Gasteiger partial charge on any atom is -0.467 e. The van der Waals surface area contributed by atoms with Crippen LogP contribution in [0.25, 0.3) is 0 Å². The van der Waals surface area contributed by atoms with Crippen molar-refractivity contribution >= 4 is 5.97 Å². The monoisotopic (exact) mass is 265 g/mol. The number of nitrogens with one attached hydrogen (secondary N) is 1. The Labute approximate surface area is 114 Å². The Hall–Kier alpha value is -1.39. The van der Waals surface area contributed by atoms with Gasteiger partial charge in [-0.1, -0.05) is 38.1 Å². The SMILES string of the molecule is COC(=O)C(C)(O)CNCc1ccc(C(C)C)cc1. The molecule has 0 saturated carbocycles. The van der Waals surface area contributed by atoms with Gasteiger partial charge in [0.05, 0.1) is 7.11 Å². The van der Waals surface area contributed by atoms with Gasteiger partial charge < -0.3 is 15.2 Å². The largest absolute Gasteiger partial charge is 0.467 e. The van der Waals surface area contributed by atoms with Crippen molar-refractivity contribution in [2.45, 2.75) is 38.8 Å². The van der Waals surface area contributed by atoms with Gasteiger partial charge in [-0.25, -0.2) is 4.79 Å². The third kappa shape index (κ3) is 4.65. The Morgan fingerprint density at radius 1 is 1.37 bits per heavy atom. The van der Waals surface area contributed by atoms with E-state index in [9.17, 15) is 9.90 Å². The van der Waals surface area contributed by atoms with Crippen molar-refractivity contribution in [1.82, 2.24) is 5.32 Å². The Morgan fingerprint density at radius 2 is 1.95 bits per heavy atom. The summed E-state index contributed by atoms with van der Waals surface area (Å²) in [5.74, 6) is -0.114. The Kier molecular flexibility index (Phi) is 5.51. The van der Waals surface area contributed by atoms with Crippen molar-refractivity contribution < 1.29 is 14.6 Å². The summed E-state index contributed by atoms with van der Waals surface area (Å²) < 4.78 is 4.53. The van der Waals surface area contributed by atoms with E-state index in [1.165, 1.54) is 19.6 Å². The summed E-state index contributed by atoms with van der Waals surface area (Å²) in [6, 6.07) is 8.30. The van der Waals surface area contributed by atoms with Gasteiger partial charge in [0.1, 0.15) is 0 Å². The third-order valence-corrected chi connectivity index (χ3v) is 3.07. The van der Waals surface area contributed by atoms with Crippen molar-refractivity contribution in [2.75, 3.05) is 13.7 Å². The van der Waals surface area contributed by atoms with Gasteiger partial charge >= 0.3 is 5.97 Å². The van der Waals surface area contributed by atoms with Crippen LogP contribution in [-0.4, -0.2) is 30.3 Å². The van der Waals surface area contributed by atoms with Gasteiger partial charge in [-0.3, -0.25) is 0 Å². The molecule has 0 heterocycles. The molecule has 1 aromatic carbocycles. The van der Waals surface area contributed by atoms with E-state index in [0.717, 1.165) is 5.56 Å². The maximum absolute atomic E-state index is 11.3. The lowest BCUT2D eigenvalue weighted by Gasteiger charge is -2.20. The lowest BCUT2D eigenvalue weighted by Crippen LogP contribution is -2.45. The van der Waals surface area contributed by atoms with E-state index < -0.39 is 11.6 Å². The van der Waals surface area contributed by atoms with Crippen molar-refractivity contribution in [3.63, 3.8) is 0 Å². The molecule has 4 heteroatoms. The smallest absolute Gasteiger partial charge is 0.338 e. The Morgan fingerprint density at radius 3 is 2.42 bits per heavy atom. The molecule has 106 valence electrons. The summed E-state index contributed by atoms with van der Waals surface area (Å²) in [7, 11) is 1.27. The van der Waals surface area contributed by atoms with Crippen molar-refractivity contribution in [2.24, 2.45) is 0 Å². The molecular formula is C15H23NO3. The van der Waals surface area contributed by atoms with Gasteiger partial charge in [-0.2, -0.15) is 0 Å². The number of methoxy groups -OCH3 is 1. The molecule has 1 unspecified atom stereocenters. The van der Waals surface area contributed by atoms with E-state index in [0.29, 0.717) is 12.5 Å². The highest BCUT2D eigenvalue weighted by Crippen LogP contribution is 2.14. The highest BCUT2D eigenvalue weighted by molar-refractivity contribution is 5.78. The van der Waals surface area contributed by atoms with E-state index in [1.54, 1.807) is 0 Å². The maximum Gasteiger partial charge on any atom is 0.338 e. The molecule has 0 aliphatic rings. The summed E-state index contributed by atoms with van der Waals surface area (Å²) in [6.45, 7) is 6.51. The molecule has 0 aromatic heterocycles. The standard InChI is InChI=1S/C15H23NO3/c1-11(2)13-7-5-12(6-8-13)9-16-10-15(3,18)14(17)19-4/h5-8,11,16,18H,9-10H2,1-4H3. The zero-order chi connectivity index (χ0) is 14.5. The number of rotatable bonds is 6. The van der Waals surface area contributed by atoms with Crippen molar-refractivity contribution in [3.8, 4) is 0 Å². The molecule has 0 saturated heterocycles. The first-order valence-corrected chi connectivity index (χ1v) is 6.47. The fourth-order valence-corrected chi connectivity index (χ4v) is 1.76. The number of hydrogen-bond acceptors (Lipinski definition) is 4. The molecule has 1 aromatic rings. The van der Waals surface area contributed by atoms with E-state index in [-0.39, 0.29) is 6.54 Å². The number of esters is 1. The van der Waals surface area contributed by atoms with Crippen LogP contribution in [0.5, 0.6) is 0 Å². The summed E-state index contributed by atoms with van der Waals surface area (Å²) in [5, 5.41) is 12.9. The number of carbonyl (C=O) groups excluding carboxylic acids is 1. The minimum absolute atomic E-state index is 0.158. The van der Waals surface area contributed by atoms with Crippen LogP contribution in [0.15, 0.2) is 24.3 Å². The second-order valence-electron chi connectivity index (χ2n) is 5.27. The zero-order valence-electron chi connectivity index (χ0n) is 12.1. The van der Waals surface area contributed by atoms with Crippen LogP contribution < -0.4 is 5.32 Å². The average Bonchev–Trinajstić information content (AvgIpc) is 2.38. The van der Waals surface area contributed by atoms with Gasteiger partial charge in [-0.15, -0.1) is 0 Å². The van der Waals surface area contributed by atoms with Gasteiger partial charge in [0.2, 0.25) is 0 Å². The zero-order valence-corrected chi connectivity index (χ0v) is 12.1. The van der Waals surface area contributed by atoms with Gasteiger partial charge in [0, 0.05) is 13.1 Å². The van der Waals surface area contributed by atoms with Gasteiger partial charge in [0.25, 0.3) is 0 Å². The molecule has 0 aliphatic heterocycles. The molecule has 0 fully saturated rings. The maximum atomic E-state index is 11.3. The molecule has 0 amide bonds. The molecule has 1 atom stereocenters. The molecule has 0 spiro atoms. The van der Waals surface area contributed by atoms with Crippen molar-refractivity contribution in [1.29, 1.82) is 0 Å². The molecule has 19 heavy (non-hydrogen) atoms. The average molecular weight is 265 g/mol. The topological polar surface area (TPSA) is 58.6 Å². The molecule has 4 nitrogen and oxygen atoms in total. The second kappa shape index (κ2) is 6.68. The van der Waals surface area contributed by atoms with E-state index in [4.69, 9.17) is 0 Å². The molecular weight excluding hydrogens is 242 g/mol. The van der Waals surface area contributed by atoms with Crippen LogP contribution in [0.1, 0.15) is 37.8 Å². The highest BCUT2D eigenvalue weighted by Gasteiger charge is 2.30. The predicted octanol–water partition coefficient (Wildman–Crippen LogP) is 1.82. The first kappa shape index (κ1) is 15.7. The summed E-state index contributed by atoms with van der Waals surface area (Å²) in [5.41, 5.74) is 0.919. The lowest BCUT2D eigenvalue weighted by molar-refractivity contribution is -0.159. The fourth-order valence-electron chi connectivity index (χ4n) is 1.76.